The molecule has 5 nitrogen and oxygen atoms in total. The summed E-state index contributed by atoms with van der Waals surface area (Å²) in [7, 11) is 0. The van der Waals surface area contributed by atoms with E-state index in [2.05, 4.69) is 17.6 Å². The van der Waals surface area contributed by atoms with Gasteiger partial charge >= 0.3 is 0 Å². The lowest BCUT2D eigenvalue weighted by Gasteiger charge is -2.28. The van der Waals surface area contributed by atoms with Gasteiger partial charge in [0.15, 0.2) is 0 Å². The summed E-state index contributed by atoms with van der Waals surface area (Å²) in [4.78, 5) is 25.9. The molecular formula is C21H34ClN3O2. The Bertz CT molecular complexity index is 598. The van der Waals surface area contributed by atoms with Gasteiger partial charge in [-0.05, 0) is 69.3 Å². The molecule has 1 aromatic carbocycles. The molecule has 2 N–H and O–H groups in total. The van der Waals surface area contributed by atoms with E-state index in [1.54, 1.807) is 6.92 Å². The van der Waals surface area contributed by atoms with Crippen molar-refractivity contribution >= 4 is 29.9 Å². The van der Waals surface area contributed by atoms with Gasteiger partial charge in [-0.15, -0.1) is 12.4 Å². The van der Waals surface area contributed by atoms with Crippen LogP contribution in [0.1, 0.15) is 52.5 Å². The van der Waals surface area contributed by atoms with Crippen LogP contribution in [0.15, 0.2) is 24.3 Å². The lowest BCUT2D eigenvalue weighted by atomic mass is 9.84. The van der Waals surface area contributed by atoms with Crippen LogP contribution >= 0.6 is 12.4 Å². The molecule has 0 saturated carbocycles. The highest BCUT2D eigenvalue weighted by Gasteiger charge is 2.22. The molecule has 1 aliphatic rings. The Morgan fingerprint density at radius 1 is 1.15 bits per heavy atom. The number of halogens is 1. The van der Waals surface area contributed by atoms with E-state index in [4.69, 9.17) is 0 Å². The van der Waals surface area contributed by atoms with E-state index in [-0.39, 0.29) is 30.3 Å². The zero-order chi connectivity index (χ0) is 19.1. The van der Waals surface area contributed by atoms with Crippen LogP contribution in [0.2, 0.25) is 0 Å². The molecule has 6 heteroatoms. The molecule has 1 fully saturated rings. The van der Waals surface area contributed by atoms with E-state index < -0.39 is 0 Å². The Morgan fingerprint density at radius 3 is 2.26 bits per heavy atom. The van der Waals surface area contributed by atoms with Crippen molar-refractivity contribution in [1.82, 2.24) is 10.2 Å². The number of amides is 2. The van der Waals surface area contributed by atoms with Gasteiger partial charge in [0.25, 0.3) is 0 Å². The number of anilines is 1. The van der Waals surface area contributed by atoms with Crippen LogP contribution < -0.4 is 10.6 Å². The molecule has 0 spiro atoms. The second-order valence-corrected chi connectivity index (χ2v) is 7.75. The Labute approximate surface area is 169 Å². The van der Waals surface area contributed by atoms with Crippen molar-refractivity contribution in [2.24, 2.45) is 11.8 Å². The minimum absolute atomic E-state index is 0. The minimum atomic E-state index is 0. The maximum atomic E-state index is 12.3. The van der Waals surface area contributed by atoms with Gasteiger partial charge in [0.2, 0.25) is 11.8 Å². The summed E-state index contributed by atoms with van der Waals surface area (Å²) in [5.74, 6) is 1.20. The highest BCUT2D eigenvalue weighted by atomic mass is 35.5. The number of hydrogen-bond donors (Lipinski definition) is 2. The first-order valence-corrected chi connectivity index (χ1v) is 9.73. The van der Waals surface area contributed by atoms with Crippen LogP contribution in [-0.2, 0) is 16.1 Å². The first-order chi connectivity index (χ1) is 12.4. The second-order valence-electron chi connectivity index (χ2n) is 7.75. The van der Waals surface area contributed by atoms with Gasteiger partial charge in [0.1, 0.15) is 0 Å². The van der Waals surface area contributed by atoms with Crippen molar-refractivity contribution < 1.29 is 9.59 Å². The van der Waals surface area contributed by atoms with Crippen LogP contribution in [0.25, 0.3) is 0 Å². The molecule has 0 bridgehead atoms. The van der Waals surface area contributed by atoms with Gasteiger partial charge < -0.3 is 15.5 Å². The number of nitrogens with one attached hydrogen (secondary N) is 2. The largest absolute Gasteiger partial charge is 0.336 e. The summed E-state index contributed by atoms with van der Waals surface area (Å²) in [5, 5.41) is 6.37. The van der Waals surface area contributed by atoms with Gasteiger partial charge in [0, 0.05) is 31.6 Å². The smallest absolute Gasteiger partial charge is 0.224 e. The maximum absolute atomic E-state index is 12.3. The molecule has 0 aromatic heterocycles. The molecule has 1 aromatic rings. The predicted octanol–water partition coefficient (Wildman–Crippen LogP) is 3.83. The number of carbonyl (C=O) groups is 2. The van der Waals surface area contributed by atoms with Gasteiger partial charge in [0.05, 0.1) is 0 Å². The number of benzene rings is 1. The average molecular weight is 396 g/mol. The molecule has 152 valence electrons. The van der Waals surface area contributed by atoms with E-state index in [1.807, 2.05) is 43.0 Å². The monoisotopic (exact) mass is 395 g/mol. The van der Waals surface area contributed by atoms with Gasteiger partial charge in [-0.1, -0.05) is 19.1 Å². The van der Waals surface area contributed by atoms with Crippen LogP contribution in [0.3, 0.4) is 0 Å². The number of carbonyl (C=O) groups excluding carboxylic acids is 2. The van der Waals surface area contributed by atoms with Crippen molar-refractivity contribution in [1.29, 1.82) is 0 Å². The molecule has 1 heterocycles. The molecule has 0 aliphatic carbocycles. The normalized spacial score (nSPS) is 15.7. The zero-order valence-corrected chi connectivity index (χ0v) is 17.8. The first kappa shape index (κ1) is 23.4. The third kappa shape index (κ3) is 7.51. The van der Waals surface area contributed by atoms with Crippen molar-refractivity contribution in [3.8, 4) is 0 Å². The Morgan fingerprint density at radius 2 is 1.74 bits per heavy atom. The van der Waals surface area contributed by atoms with Gasteiger partial charge in [-0.3, -0.25) is 9.59 Å². The van der Waals surface area contributed by atoms with Crippen LogP contribution in [0, 0.1) is 11.8 Å². The van der Waals surface area contributed by atoms with E-state index in [0.29, 0.717) is 24.8 Å². The SMILES string of the molecule is CC(=O)N(Cc1ccc(NC(=O)CC(C)C2CCNCC2)cc1)C(C)C.Cl. The molecule has 1 atom stereocenters. The fraction of sp³-hybridized carbons (Fsp3) is 0.619. The minimum Gasteiger partial charge on any atom is -0.336 e. The van der Waals surface area contributed by atoms with Crippen molar-refractivity contribution in [2.75, 3.05) is 18.4 Å². The summed E-state index contributed by atoms with van der Waals surface area (Å²) in [6.07, 6.45) is 2.88. The third-order valence-corrected chi connectivity index (χ3v) is 5.31. The second kappa shape index (κ2) is 11.3. The molecule has 2 rings (SSSR count). The van der Waals surface area contributed by atoms with Crippen molar-refractivity contribution in [3.63, 3.8) is 0 Å². The Hall–Kier alpha value is -1.59. The number of hydrogen-bond acceptors (Lipinski definition) is 3. The molecule has 0 radical (unpaired) electrons. The van der Waals surface area contributed by atoms with Crippen molar-refractivity contribution in [2.45, 2.75) is 59.5 Å². The first-order valence-electron chi connectivity index (χ1n) is 9.73. The number of piperidine rings is 1. The Balaban J connectivity index is 0.00000364. The van der Waals surface area contributed by atoms with Crippen LogP contribution in [0.5, 0.6) is 0 Å². The molecule has 2 amide bonds. The van der Waals surface area contributed by atoms with E-state index in [0.717, 1.165) is 37.2 Å². The van der Waals surface area contributed by atoms with Gasteiger partial charge in [-0.2, -0.15) is 0 Å². The molecule has 27 heavy (non-hydrogen) atoms. The standard InChI is InChI=1S/C21H33N3O2.ClH/c1-15(2)24(17(4)25)14-18-5-7-20(8-6-18)23-21(26)13-16(3)19-9-11-22-12-10-19;/h5-8,15-16,19,22H,9-14H2,1-4H3,(H,23,26);1H. The highest BCUT2D eigenvalue weighted by Crippen LogP contribution is 2.24. The number of nitrogens with zero attached hydrogens (tertiary/aromatic N) is 1. The van der Waals surface area contributed by atoms with E-state index in [1.165, 1.54) is 0 Å². The third-order valence-electron chi connectivity index (χ3n) is 5.31. The lowest BCUT2D eigenvalue weighted by Crippen LogP contribution is -2.34. The van der Waals surface area contributed by atoms with E-state index in [9.17, 15) is 9.59 Å². The molecule has 1 saturated heterocycles. The molecule has 1 unspecified atom stereocenters. The van der Waals surface area contributed by atoms with Crippen LogP contribution in [-0.4, -0.2) is 35.8 Å². The Kier molecular flexibility index (Phi) is 9.81. The molecule has 1 aliphatic heterocycles. The summed E-state index contributed by atoms with van der Waals surface area (Å²) < 4.78 is 0. The van der Waals surface area contributed by atoms with Crippen LogP contribution in [0.4, 0.5) is 5.69 Å². The average Bonchev–Trinajstić information content (AvgIpc) is 2.61. The lowest BCUT2D eigenvalue weighted by molar-refractivity contribution is -0.131. The van der Waals surface area contributed by atoms with E-state index >= 15 is 0 Å². The summed E-state index contributed by atoms with van der Waals surface area (Å²) in [6.45, 7) is 10.5. The maximum Gasteiger partial charge on any atom is 0.224 e. The van der Waals surface area contributed by atoms with Gasteiger partial charge in [-0.25, -0.2) is 0 Å². The predicted molar refractivity (Wildman–Crippen MR) is 113 cm³/mol. The highest BCUT2D eigenvalue weighted by molar-refractivity contribution is 5.90. The summed E-state index contributed by atoms with van der Waals surface area (Å²) in [6, 6.07) is 7.96. The zero-order valence-electron chi connectivity index (χ0n) is 17.0. The quantitative estimate of drug-likeness (QED) is 0.737. The topological polar surface area (TPSA) is 61.4 Å². The number of rotatable bonds is 7. The summed E-state index contributed by atoms with van der Waals surface area (Å²) >= 11 is 0. The van der Waals surface area contributed by atoms with Crippen molar-refractivity contribution in [3.05, 3.63) is 29.8 Å². The summed E-state index contributed by atoms with van der Waals surface area (Å²) in [5.41, 5.74) is 1.88. The fourth-order valence-electron chi connectivity index (χ4n) is 3.63. The molecular weight excluding hydrogens is 362 g/mol. The fourth-order valence-corrected chi connectivity index (χ4v) is 3.63.